The lowest BCUT2D eigenvalue weighted by Gasteiger charge is -2.29. The molecule has 0 radical (unpaired) electrons. The van der Waals surface area contributed by atoms with Crippen molar-refractivity contribution in [1.82, 2.24) is 20.1 Å². The van der Waals surface area contributed by atoms with Crippen molar-refractivity contribution < 1.29 is 33.1 Å². The van der Waals surface area contributed by atoms with Crippen LogP contribution in [0.2, 0.25) is 0 Å². The molecule has 0 saturated carbocycles. The molecular formula is C39H45FN6O6. The summed E-state index contributed by atoms with van der Waals surface area (Å²) in [6, 6.07) is 18.4. The third-order valence-corrected chi connectivity index (χ3v) is 8.61. The Kier molecular flexibility index (Phi) is 11.6. The van der Waals surface area contributed by atoms with E-state index in [2.05, 4.69) is 20.9 Å². The first-order chi connectivity index (χ1) is 24.7. The fraction of sp³-hybridized carbons (Fsp3) is 0.359. The highest BCUT2D eigenvalue weighted by Crippen LogP contribution is 2.32. The van der Waals surface area contributed by atoms with Crippen molar-refractivity contribution in [3.05, 3.63) is 84.2 Å². The molecular weight excluding hydrogens is 667 g/mol. The summed E-state index contributed by atoms with van der Waals surface area (Å²) in [7, 11) is 0. The van der Waals surface area contributed by atoms with Crippen LogP contribution in [-0.4, -0.2) is 75.8 Å². The minimum absolute atomic E-state index is 0.0605. The van der Waals surface area contributed by atoms with Gasteiger partial charge in [-0.05, 0) is 75.9 Å². The molecule has 1 saturated heterocycles. The first kappa shape index (κ1) is 37.5. The molecule has 1 aliphatic heterocycles. The molecule has 4 N–H and O–H groups in total. The average molecular weight is 713 g/mol. The SMILES string of the molecule is CCCN(CC(=O)Nc1ccc(-c2[nH]c3ccc(NC(=O)[C@@H]4CCCN4C(=O)[C@H](NC(=O)OC(C)(C)C)c4ccccc4)cc3c2F)cc1)C(C)=O. The van der Waals surface area contributed by atoms with Gasteiger partial charge in [0, 0.05) is 47.9 Å². The number of carbonyl (C=O) groups is 5. The van der Waals surface area contributed by atoms with Gasteiger partial charge in [-0.2, -0.15) is 0 Å². The largest absolute Gasteiger partial charge is 0.444 e. The van der Waals surface area contributed by atoms with Crippen LogP contribution in [0.15, 0.2) is 72.8 Å². The van der Waals surface area contributed by atoms with Crippen LogP contribution < -0.4 is 16.0 Å². The standard InChI is InChI=1S/C39H45FN6O6/c1-6-20-45(24(2)47)23-32(48)41-27-16-14-26(15-17-27)34-33(40)29-22-28(18-19-30(29)43-34)42-36(49)31-13-10-21-46(31)37(50)35(25-11-8-7-9-12-25)44-38(51)52-39(3,4)5/h7-9,11-12,14-19,22,31,35,43H,6,10,13,20-21,23H2,1-5H3,(H,41,48)(H,42,49)(H,44,51)/t31-,35+/m0/s1. The van der Waals surface area contributed by atoms with Crippen molar-refractivity contribution in [2.45, 2.75) is 71.6 Å². The number of fused-ring (bicyclic) bond motifs is 1. The molecule has 1 fully saturated rings. The molecule has 1 aromatic heterocycles. The second kappa shape index (κ2) is 16.1. The number of H-pyrrole nitrogens is 1. The van der Waals surface area contributed by atoms with Gasteiger partial charge in [-0.1, -0.05) is 49.4 Å². The number of alkyl carbamates (subject to hydrolysis) is 1. The molecule has 2 atom stereocenters. The summed E-state index contributed by atoms with van der Waals surface area (Å²) in [6.45, 7) is 9.28. The molecule has 13 heteroatoms. The minimum Gasteiger partial charge on any atom is -0.444 e. The van der Waals surface area contributed by atoms with E-state index in [-0.39, 0.29) is 29.4 Å². The quantitative estimate of drug-likeness (QED) is 0.142. The van der Waals surface area contributed by atoms with E-state index in [4.69, 9.17) is 4.74 Å². The number of nitrogens with one attached hydrogen (secondary N) is 4. The van der Waals surface area contributed by atoms with E-state index in [9.17, 15) is 24.0 Å². The van der Waals surface area contributed by atoms with E-state index < -0.39 is 41.4 Å². The Hall–Kier alpha value is -5.72. The zero-order chi connectivity index (χ0) is 37.6. The van der Waals surface area contributed by atoms with Crippen LogP contribution in [-0.2, 0) is 23.9 Å². The first-order valence-electron chi connectivity index (χ1n) is 17.4. The van der Waals surface area contributed by atoms with E-state index in [1.807, 2.05) is 6.92 Å². The minimum atomic E-state index is -1.07. The van der Waals surface area contributed by atoms with Crippen LogP contribution >= 0.6 is 0 Å². The topological polar surface area (TPSA) is 153 Å². The molecule has 52 heavy (non-hydrogen) atoms. The molecule has 0 spiro atoms. The number of amides is 5. The Morgan fingerprint density at radius 1 is 0.981 bits per heavy atom. The molecule has 0 unspecified atom stereocenters. The summed E-state index contributed by atoms with van der Waals surface area (Å²) in [5.41, 5.74) is 1.93. The van der Waals surface area contributed by atoms with Crippen LogP contribution in [0.1, 0.15) is 65.5 Å². The maximum atomic E-state index is 15.8. The van der Waals surface area contributed by atoms with Crippen LogP contribution in [0.25, 0.3) is 22.2 Å². The zero-order valence-corrected chi connectivity index (χ0v) is 30.0. The summed E-state index contributed by atoms with van der Waals surface area (Å²) in [5.74, 6) is -1.89. The van der Waals surface area contributed by atoms with E-state index in [1.165, 1.54) is 22.8 Å². The van der Waals surface area contributed by atoms with Crippen LogP contribution in [0.4, 0.5) is 20.6 Å². The number of benzene rings is 3. The number of hydrogen-bond acceptors (Lipinski definition) is 6. The number of ether oxygens (including phenoxy) is 1. The predicted octanol–water partition coefficient (Wildman–Crippen LogP) is 6.37. The Morgan fingerprint density at radius 2 is 1.67 bits per heavy atom. The van der Waals surface area contributed by atoms with Gasteiger partial charge in [-0.15, -0.1) is 0 Å². The molecule has 12 nitrogen and oxygen atoms in total. The van der Waals surface area contributed by atoms with Gasteiger partial charge in [-0.3, -0.25) is 19.2 Å². The molecule has 4 aromatic rings. The normalized spacial score (nSPS) is 14.8. The third kappa shape index (κ3) is 9.14. The molecule has 5 amide bonds. The van der Waals surface area contributed by atoms with Gasteiger partial charge >= 0.3 is 6.09 Å². The van der Waals surface area contributed by atoms with E-state index in [0.29, 0.717) is 53.9 Å². The van der Waals surface area contributed by atoms with Crippen molar-refractivity contribution in [3.8, 4) is 11.3 Å². The highest BCUT2D eigenvalue weighted by atomic mass is 19.1. The van der Waals surface area contributed by atoms with Crippen molar-refractivity contribution in [2.75, 3.05) is 30.3 Å². The number of carbonyl (C=O) groups excluding carboxylic acids is 5. The van der Waals surface area contributed by atoms with E-state index >= 15 is 4.39 Å². The monoisotopic (exact) mass is 712 g/mol. The molecule has 2 heterocycles. The lowest BCUT2D eigenvalue weighted by atomic mass is 10.0. The number of hydrogen-bond donors (Lipinski definition) is 4. The Morgan fingerprint density at radius 3 is 2.33 bits per heavy atom. The lowest BCUT2D eigenvalue weighted by Crippen LogP contribution is -2.49. The van der Waals surface area contributed by atoms with Crippen LogP contribution in [0, 0.1) is 5.82 Å². The fourth-order valence-corrected chi connectivity index (χ4v) is 6.20. The Bertz CT molecular complexity index is 1940. The molecule has 274 valence electrons. The lowest BCUT2D eigenvalue weighted by molar-refractivity contribution is -0.138. The number of nitrogens with zero attached hydrogens (tertiary/aromatic N) is 2. The highest BCUT2D eigenvalue weighted by molar-refractivity contribution is 6.01. The predicted molar refractivity (Wildman–Crippen MR) is 197 cm³/mol. The van der Waals surface area contributed by atoms with Crippen molar-refractivity contribution in [1.29, 1.82) is 0 Å². The van der Waals surface area contributed by atoms with Crippen molar-refractivity contribution in [2.24, 2.45) is 0 Å². The van der Waals surface area contributed by atoms with Gasteiger partial charge in [0.15, 0.2) is 5.82 Å². The summed E-state index contributed by atoms with van der Waals surface area (Å²) in [5, 5.41) is 8.56. The van der Waals surface area contributed by atoms with Gasteiger partial charge in [0.05, 0.1) is 12.2 Å². The first-order valence-corrected chi connectivity index (χ1v) is 17.4. The van der Waals surface area contributed by atoms with Gasteiger partial charge in [0.25, 0.3) is 5.91 Å². The van der Waals surface area contributed by atoms with Crippen molar-refractivity contribution in [3.63, 3.8) is 0 Å². The van der Waals surface area contributed by atoms with Crippen LogP contribution in [0.5, 0.6) is 0 Å². The maximum absolute atomic E-state index is 15.8. The summed E-state index contributed by atoms with van der Waals surface area (Å²) in [6.07, 6.45) is 0.988. The number of likely N-dealkylation sites (tertiary alicyclic amines) is 1. The second-order valence-electron chi connectivity index (χ2n) is 13.8. The van der Waals surface area contributed by atoms with Gasteiger partial charge in [0.2, 0.25) is 17.7 Å². The van der Waals surface area contributed by atoms with Gasteiger partial charge in [0.1, 0.15) is 17.7 Å². The van der Waals surface area contributed by atoms with E-state index in [0.717, 1.165) is 6.42 Å². The van der Waals surface area contributed by atoms with E-state index in [1.54, 1.807) is 87.5 Å². The smallest absolute Gasteiger partial charge is 0.408 e. The third-order valence-electron chi connectivity index (χ3n) is 8.61. The molecule has 0 bridgehead atoms. The van der Waals surface area contributed by atoms with Crippen LogP contribution in [0.3, 0.4) is 0 Å². The molecule has 1 aliphatic rings. The van der Waals surface area contributed by atoms with Crippen molar-refractivity contribution >= 4 is 52.0 Å². The molecule has 5 rings (SSSR count). The number of halogens is 1. The van der Waals surface area contributed by atoms with Gasteiger partial charge < -0.3 is 35.5 Å². The van der Waals surface area contributed by atoms with Gasteiger partial charge in [-0.25, -0.2) is 9.18 Å². The highest BCUT2D eigenvalue weighted by Gasteiger charge is 2.39. The maximum Gasteiger partial charge on any atom is 0.408 e. The molecule has 0 aliphatic carbocycles. The Balaban J connectivity index is 1.28. The number of aromatic nitrogens is 1. The number of anilines is 2. The average Bonchev–Trinajstić information content (AvgIpc) is 3.72. The zero-order valence-electron chi connectivity index (χ0n) is 30.0. The second-order valence-corrected chi connectivity index (χ2v) is 13.8. The summed E-state index contributed by atoms with van der Waals surface area (Å²) >= 11 is 0. The fourth-order valence-electron chi connectivity index (χ4n) is 6.20. The summed E-state index contributed by atoms with van der Waals surface area (Å²) in [4.78, 5) is 70.6. The number of aromatic amines is 1. The summed E-state index contributed by atoms with van der Waals surface area (Å²) < 4.78 is 21.2. The molecule has 3 aromatic carbocycles. The number of rotatable bonds is 11. The Labute approximate surface area is 302 Å².